The normalized spacial score (nSPS) is 15.0. The number of carbonyl (C=O) groups excluding carboxylic acids is 1. The quantitative estimate of drug-likeness (QED) is 0.475. The second kappa shape index (κ2) is 8.37. The van der Waals surface area contributed by atoms with Crippen molar-refractivity contribution in [1.82, 2.24) is 14.5 Å². The molecule has 0 bridgehead atoms. The van der Waals surface area contributed by atoms with E-state index in [-0.39, 0.29) is 29.1 Å². The fraction of sp³-hybridized carbons (Fsp3) is 0.318. The molecule has 1 amide bonds. The first-order valence-electron chi connectivity index (χ1n) is 9.72. The summed E-state index contributed by atoms with van der Waals surface area (Å²) < 4.78 is 14.9. The second-order valence-corrected chi connectivity index (χ2v) is 8.53. The van der Waals surface area contributed by atoms with Crippen LogP contribution in [0.1, 0.15) is 25.3 Å². The second-order valence-electron chi connectivity index (χ2n) is 7.22. The molecule has 0 saturated carbocycles. The van der Waals surface area contributed by atoms with Crippen LogP contribution in [0.3, 0.4) is 0 Å². The summed E-state index contributed by atoms with van der Waals surface area (Å²) in [4.78, 5) is 32.5. The van der Waals surface area contributed by atoms with E-state index in [0.717, 1.165) is 31.5 Å². The van der Waals surface area contributed by atoms with Crippen molar-refractivity contribution in [2.75, 3.05) is 13.1 Å². The van der Waals surface area contributed by atoms with Crippen molar-refractivity contribution < 1.29 is 9.18 Å². The van der Waals surface area contributed by atoms with Gasteiger partial charge in [0, 0.05) is 13.1 Å². The maximum atomic E-state index is 13.3. The molecule has 1 atom stereocenters. The standard InChI is InChI=1S/C22H22FN3O2S/c1-15(20(27)25-12-4-5-13-25)29-22-24-19-7-3-2-6-18(19)21(28)26(22)14-16-8-10-17(23)11-9-16/h2-3,6-11,15H,4-5,12-14H2,1H3/t15-/m0/s1. The summed E-state index contributed by atoms with van der Waals surface area (Å²) in [6, 6.07) is 13.3. The van der Waals surface area contributed by atoms with Crippen molar-refractivity contribution in [3.05, 3.63) is 70.3 Å². The number of fused-ring (bicyclic) bond motifs is 1. The van der Waals surface area contributed by atoms with Gasteiger partial charge in [0.2, 0.25) is 5.91 Å². The highest BCUT2D eigenvalue weighted by atomic mass is 32.2. The zero-order valence-corrected chi connectivity index (χ0v) is 17.0. The molecule has 4 rings (SSSR count). The Morgan fingerprint density at radius 2 is 1.83 bits per heavy atom. The molecule has 1 aliphatic heterocycles. The molecule has 1 aromatic heterocycles. The van der Waals surface area contributed by atoms with E-state index in [0.29, 0.717) is 16.1 Å². The number of halogens is 1. The number of benzene rings is 2. The van der Waals surface area contributed by atoms with Crippen molar-refractivity contribution in [1.29, 1.82) is 0 Å². The number of carbonyl (C=O) groups is 1. The average molecular weight is 412 g/mol. The molecule has 0 spiro atoms. The third-order valence-electron chi connectivity index (χ3n) is 5.13. The molecule has 2 aromatic carbocycles. The number of rotatable bonds is 5. The van der Waals surface area contributed by atoms with Crippen LogP contribution in [0, 0.1) is 5.82 Å². The lowest BCUT2D eigenvalue weighted by Crippen LogP contribution is -2.34. The molecule has 150 valence electrons. The van der Waals surface area contributed by atoms with Crippen molar-refractivity contribution in [3.63, 3.8) is 0 Å². The molecule has 29 heavy (non-hydrogen) atoms. The summed E-state index contributed by atoms with van der Waals surface area (Å²) in [5.41, 5.74) is 1.24. The summed E-state index contributed by atoms with van der Waals surface area (Å²) in [6.45, 7) is 3.70. The van der Waals surface area contributed by atoms with Crippen LogP contribution in [-0.4, -0.2) is 38.7 Å². The summed E-state index contributed by atoms with van der Waals surface area (Å²) >= 11 is 1.30. The summed E-state index contributed by atoms with van der Waals surface area (Å²) in [5, 5.41) is 0.677. The number of aromatic nitrogens is 2. The highest BCUT2D eigenvalue weighted by Crippen LogP contribution is 2.25. The van der Waals surface area contributed by atoms with Crippen molar-refractivity contribution >= 4 is 28.6 Å². The van der Waals surface area contributed by atoms with Gasteiger partial charge in [-0.1, -0.05) is 36.0 Å². The molecular formula is C22H22FN3O2S. The number of hydrogen-bond acceptors (Lipinski definition) is 4. The highest BCUT2D eigenvalue weighted by molar-refractivity contribution is 8.00. The number of amides is 1. The molecule has 7 heteroatoms. The van der Waals surface area contributed by atoms with Gasteiger partial charge in [0.05, 0.1) is 22.7 Å². The van der Waals surface area contributed by atoms with Crippen LogP contribution in [0.5, 0.6) is 0 Å². The van der Waals surface area contributed by atoms with Crippen LogP contribution < -0.4 is 5.56 Å². The Kier molecular flexibility index (Phi) is 5.67. The monoisotopic (exact) mass is 411 g/mol. The maximum Gasteiger partial charge on any atom is 0.262 e. The number of thioether (sulfide) groups is 1. The molecule has 2 heterocycles. The van der Waals surface area contributed by atoms with Crippen LogP contribution in [0.15, 0.2) is 58.5 Å². The first-order chi connectivity index (χ1) is 14.0. The zero-order valence-electron chi connectivity index (χ0n) is 16.2. The van der Waals surface area contributed by atoms with Gasteiger partial charge in [0.25, 0.3) is 5.56 Å². The molecule has 0 unspecified atom stereocenters. The molecule has 1 fully saturated rings. The first kappa shape index (κ1) is 19.6. The van der Waals surface area contributed by atoms with E-state index in [4.69, 9.17) is 0 Å². The molecule has 0 radical (unpaired) electrons. The molecule has 3 aromatic rings. The Balaban J connectivity index is 1.71. The third kappa shape index (κ3) is 4.19. The molecule has 1 aliphatic rings. The predicted octanol–water partition coefficient (Wildman–Crippen LogP) is 3.69. The molecule has 0 aliphatic carbocycles. The van der Waals surface area contributed by atoms with Gasteiger partial charge in [-0.2, -0.15) is 0 Å². The van der Waals surface area contributed by atoms with Gasteiger partial charge in [-0.25, -0.2) is 9.37 Å². The van der Waals surface area contributed by atoms with Gasteiger partial charge >= 0.3 is 0 Å². The van der Waals surface area contributed by atoms with Crippen LogP contribution >= 0.6 is 11.8 Å². The summed E-state index contributed by atoms with van der Waals surface area (Å²) in [6.07, 6.45) is 2.07. The van der Waals surface area contributed by atoms with Gasteiger partial charge in [-0.05, 0) is 49.6 Å². The molecule has 5 nitrogen and oxygen atoms in total. The Morgan fingerprint density at radius 3 is 2.55 bits per heavy atom. The van der Waals surface area contributed by atoms with Crippen molar-refractivity contribution in [2.24, 2.45) is 0 Å². The summed E-state index contributed by atoms with van der Waals surface area (Å²) in [7, 11) is 0. The number of nitrogens with zero attached hydrogens (tertiary/aromatic N) is 3. The Labute approximate surface area is 172 Å². The van der Waals surface area contributed by atoms with E-state index in [9.17, 15) is 14.0 Å². The van der Waals surface area contributed by atoms with Crippen molar-refractivity contribution in [2.45, 2.75) is 36.7 Å². The van der Waals surface area contributed by atoms with E-state index in [1.807, 2.05) is 17.9 Å². The number of hydrogen-bond donors (Lipinski definition) is 0. The third-order valence-corrected chi connectivity index (χ3v) is 6.21. The van der Waals surface area contributed by atoms with E-state index in [2.05, 4.69) is 4.98 Å². The minimum absolute atomic E-state index is 0.0724. The lowest BCUT2D eigenvalue weighted by Gasteiger charge is -2.21. The lowest BCUT2D eigenvalue weighted by molar-refractivity contribution is -0.129. The van der Waals surface area contributed by atoms with Gasteiger partial charge in [-0.3, -0.25) is 14.2 Å². The smallest absolute Gasteiger partial charge is 0.262 e. The highest BCUT2D eigenvalue weighted by Gasteiger charge is 2.25. The van der Waals surface area contributed by atoms with E-state index < -0.39 is 0 Å². The topological polar surface area (TPSA) is 55.2 Å². The van der Waals surface area contributed by atoms with Gasteiger partial charge in [0.15, 0.2) is 5.16 Å². The van der Waals surface area contributed by atoms with Crippen LogP contribution in [0.4, 0.5) is 4.39 Å². The zero-order chi connectivity index (χ0) is 20.4. The van der Waals surface area contributed by atoms with Crippen LogP contribution in [0.2, 0.25) is 0 Å². The lowest BCUT2D eigenvalue weighted by atomic mass is 10.2. The molecule has 1 saturated heterocycles. The largest absolute Gasteiger partial charge is 0.342 e. The number of likely N-dealkylation sites (tertiary alicyclic amines) is 1. The summed E-state index contributed by atoms with van der Waals surface area (Å²) in [5.74, 6) is -0.250. The minimum atomic E-state index is -0.347. The van der Waals surface area contributed by atoms with Gasteiger partial charge < -0.3 is 4.90 Å². The Bertz CT molecular complexity index is 1090. The Morgan fingerprint density at radius 1 is 1.14 bits per heavy atom. The average Bonchev–Trinajstić information content (AvgIpc) is 3.26. The molecular weight excluding hydrogens is 389 g/mol. The van der Waals surface area contributed by atoms with Crippen molar-refractivity contribution in [3.8, 4) is 0 Å². The van der Waals surface area contributed by atoms with E-state index in [1.165, 1.54) is 23.9 Å². The minimum Gasteiger partial charge on any atom is -0.342 e. The van der Waals surface area contributed by atoms with E-state index in [1.54, 1.807) is 34.9 Å². The fourth-order valence-corrected chi connectivity index (χ4v) is 4.54. The predicted molar refractivity (Wildman–Crippen MR) is 113 cm³/mol. The Hall–Kier alpha value is -2.67. The maximum absolute atomic E-state index is 13.3. The number of para-hydroxylation sites is 1. The van der Waals surface area contributed by atoms with Crippen LogP contribution in [-0.2, 0) is 11.3 Å². The van der Waals surface area contributed by atoms with Gasteiger partial charge in [0.1, 0.15) is 5.82 Å². The molecule has 0 N–H and O–H groups in total. The SMILES string of the molecule is C[C@H](Sc1nc2ccccc2c(=O)n1Cc1ccc(F)cc1)C(=O)N1CCCC1. The van der Waals surface area contributed by atoms with Crippen LogP contribution in [0.25, 0.3) is 10.9 Å². The van der Waals surface area contributed by atoms with Gasteiger partial charge in [-0.15, -0.1) is 0 Å². The first-order valence-corrected chi connectivity index (χ1v) is 10.6. The van der Waals surface area contributed by atoms with E-state index >= 15 is 0 Å². The fourth-order valence-electron chi connectivity index (χ4n) is 3.55.